The summed E-state index contributed by atoms with van der Waals surface area (Å²) in [5, 5.41) is 0. The molecule has 0 amide bonds. The normalized spacial score (nSPS) is 19.4. The predicted octanol–water partition coefficient (Wildman–Crippen LogP) is 5.08. The van der Waals surface area contributed by atoms with Crippen molar-refractivity contribution in [1.82, 2.24) is 0 Å². The Labute approximate surface area is 106 Å². The van der Waals surface area contributed by atoms with Crippen LogP contribution in [0.5, 0.6) is 0 Å². The zero-order valence-electron chi connectivity index (χ0n) is 9.11. The molecule has 0 aromatic carbocycles. The molecule has 0 N–H and O–H groups in total. The molecule has 0 spiro atoms. The van der Waals surface area contributed by atoms with E-state index in [0.29, 0.717) is 0 Å². The van der Waals surface area contributed by atoms with E-state index in [9.17, 15) is 0 Å². The van der Waals surface area contributed by atoms with Gasteiger partial charge in [0.25, 0.3) is 0 Å². The Bertz CT molecular complexity index is 209. The van der Waals surface area contributed by atoms with Crippen molar-refractivity contribution in [3.63, 3.8) is 0 Å². The molecule has 1 atom stereocenters. The van der Waals surface area contributed by atoms with Crippen molar-refractivity contribution in [3.8, 4) is 0 Å². The number of hydrogen-bond acceptors (Lipinski definition) is 0. The summed E-state index contributed by atoms with van der Waals surface area (Å²) < 4.78 is 0. The first kappa shape index (κ1) is 14.9. The van der Waals surface area contributed by atoms with Crippen LogP contribution in [0.15, 0.2) is 23.3 Å². The van der Waals surface area contributed by atoms with Crippen molar-refractivity contribution in [1.29, 1.82) is 0 Å². The SMILES string of the molecule is CCC1=CC(CC)C(CC)=C1.[Cl][Zr][Cl]. The van der Waals surface area contributed by atoms with Gasteiger partial charge in [0.2, 0.25) is 0 Å². The molecule has 0 aromatic rings. The van der Waals surface area contributed by atoms with Crippen LogP contribution in [0.1, 0.15) is 40.0 Å². The summed E-state index contributed by atoms with van der Waals surface area (Å²) >= 11 is -0.826. The van der Waals surface area contributed by atoms with Gasteiger partial charge in [-0.15, -0.1) is 0 Å². The average Bonchev–Trinajstić information content (AvgIpc) is 2.61. The molecule has 0 aliphatic heterocycles. The van der Waals surface area contributed by atoms with Gasteiger partial charge >= 0.3 is 37.9 Å². The third-order valence-electron chi connectivity index (χ3n) is 2.52. The van der Waals surface area contributed by atoms with Crippen molar-refractivity contribution in [3.05, 3.63) is 23.3 Å². The van der Waals surface area contributed by atoms with Gasteiger partial charge in [-0.2, -0.15) is 0 Å². The van der Waals surface area contributed by atoms with Crippen LogP contribution >= 0.6 is 17.0 Å². The maximum atomic E-state index is 4.93. The first-order valence-corrected chi connectivity index (χ1v) is 11.4. The van der Waals surface area contributed by atoms with Crippen LogP contribution in [-0.2, 0) is 20.8 Å². The molecule has 1 aliphatic carbocycles. The molecule has 80 valence electrons. The van der Waals surface area contributed by atoms with Crippen LogP contribution in [0.25, 0.3) is 0 Å². The second-order valence-corrected chi connectivity index (χ2v) is 6.99. The Hall–Kier alpha value is 0.943. The predicted molar refractivity (Wildman–Crippen MR) is 62.2 cm³/mol. The Morgan fingerprint density at radius 3 is 2.07 bits per heavy atom. The second-order valence-electron chi connectivity index (χ2n) is 3.25. The molecule has 0 bridgehead atoms. The molecule has 0 fully saturated rings. The van der Waals surface area contributed by atoms with E-state index >= 15 is 0 Å². The summed E-state index contributed by atoms with van der Waals surface area (Å²) in [6.07, 6.45) is 8.49. The summed E-state index contributed by atoms with van der Waals surface area (Å²) in [5.74, 6) is 0.759. The zero-order valence-corrected chi connectivity index (χ0v) is 13.1. The van der Waals surface area contributed by atoms with Crippen LogP contribution < -0.4 is 0 Å². The van der Waals surface area contributed by atoms with Gasteiger partial charge in [-0.1, -0.05) is 44.1 Å². The van der Waals surface area contributed by atoms with Crippen molar-refractivity contribution in [2.45, 2.75) is 40.0 Å². The molecule has 0 saturated heterocycles. The number of rotatable bonds is 3. The molecule has 0 nitrogen and oxygen atoms in total. The van der Waals surface area contributed by atoms with E-state index in [4.69, 9.17) is 17.0 Å². The minimum atomic E-state index is -0.826. The molecule has 3 heteroatoms. The Balaban J connectivity index is 0.000000500. The summed E-state index contributed by atoms with van der Waals surface area (Å²) in [7, 11) is 9.87. The van der Waals surface area contributed by atoms with E-state index in [1.165, 1.54) is 24.8 Å². The fourth-order valence-electron chi connectivity index (χ4n) is 1.72. The van der Waals surface area contributed by atoms with Crippen LogP contribution in [0.3, 0.4) is 0 Å². The van der Waals surface area contributed by atoms with E-state index in [1.807, 2.05) is 0 Å². The summed E-state index contributed by atoms with van der Waals surface area (Å²) in [4.78, 5) is 0. The molecule has 1 aliphatic rings. The molecule has 14 heavy (non-hydrogen) atoms. The Morgan fingerprint density at radius 2 is 1.79 bits per heavy atom. The molecule has 0 aromatic heterocycles. The summed E-state index contributed by atoms with van der Waals surface area (Å²) in [5.41, 5.74) is 3.16. The number of halogens is 2. The fraction of sp³-hybridized carbons (Fsp3) is 0.636. The summed E-state index contributed by atoms with van der Waals surface area (Å²) in [6.45, 7) is 6.75. The van der Waals surface area contributed by atoms with Crippen molar-refractivity contribution < 1.29 is 20.8 Å². The minimum absolute atomic E-state index is 0.759. The van der Waals surface area contributed by atoms with Gasteiger partial charge in [-0.25, -0.2) is 0 Å². The Morgan fingerprint density at radius 1 is 1.21 bits per heavy atom. The molecular weight excluding hydrogens is 294 g/mol. The fourth-order valence-corrected chi connectivity index (χ4v) is 1.72. The molecule has 0 heterocycles. The van der Waals surface area contributed by atoms with E-state index in [2.05, 4.69) is 32.9 Å². The third-order valence-corrected chi connectivity index (χ3v) is 2.52. The van der Waals surface area contributed by atoms with Crippen LogP contribution in [0.4, 0.5) is 0 Å². The number of hydrogen-bond donors (Lipinski definition) is 0. The van der Waals surface area contributed by atoms with Crippen molar-refractivity contribution in [2.24, 2.45) is 5.92 Å². The van der Waals surface area contributed by atoms with Gasteiger partial charge in [0.1, 0.15) is 0 Å². The van der Waals surface area contributed by atoms with E-state index in [-0.39, 0.29) is 0 Å². The van der Waals surface area contributed by atoms with Crippen molar-refractivity contribution >= 4 is 17.0 Å². The maximum absolute atomic E-state index is 4.93. The standard InChI is InChI=1S/C11H18.2ClH.Zr/c1-4-9-7-10(5-2)11(6-3)8-9;;;/h7-8,10H,4-6H2,1-3H3;2*1H;/q;;;+2/p-2. The first-order chi connectivity index (χ1) is 6.73. The zero-order chi connectivity index (χ0) is 11.0. The molecular formula is C11H18Cl2Zr. The van der Waals surface area contributed by atoms with Crippen LogP contribution in [0, 0.1) is 5.92 Å². The first-order valence-electron chi connectivity index (χ1n) is 5.10. The summed E-state index contributed by atoms with van der Waals surface area (Å²) in [6, 6.07) is 0. The van der Waals surface area contributed by atoms with Gasteiger partial charge in [-0.05, 0) is 25.2 Å². The van der Waals surface area contributed by atoms with Gasteiger partial charge in [-0.3, -0.25) is 0 Å². The monoisotopic (exact) mass is 310 g/mol. The van der Waals surface area contributed by atoms with Gasteiger partial charge in [0.05, 0.1) is 0 Å². The molecule has 1 rings (SSSR count). The van der Waals surface area contributed by atoms with E-state index in [0.717, 1.165) is 5.92 Å². The van der Waals surface area contributed by atoms with Gasteiger partial charge < -0.3 is 0 Å². The van der Waals surface area contributed by atoms with E-state index < -0.39 is 20.8 Å². The van der Waals surface area contributed by atoms with E-state index in [1.54, 1.807) is 5.57 Å². The average molecular weight is 312 g/mol. The Kier molecular flexibility index (Phi) is 9.81. The van der Waals surface area contributed by atoms with Gasteiger partial charge in [0, 0.05) is 0 Å². The van der Waals surface area contributed by atoms with Crippen LogP contribution in [-0.4, -0.2) is 0 Å². The van der Waals surface area contributed by atoms with Crippen molar-refractivity contribution in [2.75, 3.05) is 0 Å². The molecule has 0 saturated carbocycles. The van der Waals surface area contributed by atoms with Gasteiger partial charge in [0.15, 0.2) is 0 Å². The number of allylic oxidation sites excluding steroid dienone is 4. The third kappa shape index (κ3) is 5.14. The topological polar surface area (TPSA) is 0 Å². The second kappa shape index (κ2) is 9.19. The molecule has 0 radical (unpaired) electrons. The quantitative estimate of drug-likeness (QED) is 0.682. The molecule has 1 unspecified atom stereocenters. The van der Waals surface area contributed by atoms with Crippen LogP contribution in [0.2, 0.25) is 0 Å².